The molecule has 1 fully saturated rings. The van der Waals surface area contributed by atoms with Gasteiger partial charge in [0.1, 0.15) is 5.82 Å². The molecular formula is C17H20ClFN2O2S. The Morgan fingerprint density at radius 2 is 1.88 bits per heavy atom. The number of halogens is 2. The smallest absolute Gasteiger partial charge is 0.218 e. The maximum atomic E-state index is 13.5. The molecule has 4 nitrogen and oxygen atoms in total. The molecule has 24 heavy (non-hydrogen) atoms. The van der Waals surface area contributed by atoms with Crippen molar-refractivity contribution in [2.75, 3.05) is 19.6 Å². The molecule has 0 amide bonds. The summed E-state index contributed by atoms with van der Waals surface area (Å²) >= 11 is 0. The molecule has 0 spiro atoms. The zero-order valence-corrected chi connectivity index (χ0v) is 14.7. The van der Waals surface area contributed by atoms with Gasteiger partial charge in [0.2, 0.25) is 10.0 Å². The summed E-state index contributed by atoms with van der Waals surface area (Å²) in [5.41, 5.74) is 1.43. The van der Waals surface area contributed by atoms with Crippen LogP contribution in [0, 0.1) is 5.82 Å². The van der Waals surface area contributed by atoms with E-state index < -0.39 is 10.0 Å². The van der Waals surface area contributed by atoms with Gasteiger partial charge >= 0.3 is 0 Å². The van der Waals surface area contributed by atoms with Crippen molar-refractivity contribution in [3.63, 3.8) is 0 Å². The van der Waals surface area contributed by atoms with Crippen LogP contribution in [0.2, 0.25) is 0 Å². The number of rotatable bonds is 4. The van der Waals surface area contributed by atoms with Crippen LogP contribution >= 0.6 is 12.4 Å². The van der Waals surface area contributed by atoms with Gasteiger partial charge < -0.3 is 5.32 Å². The van der Waals surface area contributed by atoms with Gasteiger partial charge in [-0.25, -0.2) is 12.8 Å². The maximum Gasteiger partial charge on any atom is 0.218 e. The second-order valence-electron chi connectivity index (χ2n) is 5.63. The lowest BCUT2D eigenvalue weighted by Gasteiger charge is -2.35. The zero-order chi connectivity index (χ0) is 16.3. The van der Waals surface area contributed by atoms with Crippen molar-refractivity contribution in [1.82, 2.24) is 9.62 Å². The predicted octanol–water partition coefficient (Wildman–Crippen LogP) is 2.72. The molecule has 0 aliphatic carbocycles. The molecule has 130 valence electrons. The summed E-state index contributed by atoms with van der Waals surface area (Å²) < 4.78 is 40.7. The molecular weight excluding hydrogens is 351 g/mol. The van der Waals surface area contributed by atoms with Crippen LogP contribution < -0.4 is 5.32 Å². The molecule has 1 aliphatic heterocycles. The van der Waals surface area contributed by atoms with Crippen molar-refractivity contribution in [1.29, 1.82) is 0 Å². The monoisotopic (exact) mass is 370 g/mol. The topological polar surface area (TPSA) is 49.4 Å². The number of hydrogen-bond donors (Lipinski definition) is 1. The quantitative estimate of drug-likeness (QED) is 0.900. The number of hydrogen-bond acceptors (Lipinski definition) is 3. The second kappa shape index (κ2) is 8.07. The molecule has 1 N–H and O–H groups in total. The van der Waals surface area contributed by atoms with Crippen molar-refractivity contribution < 1.29 is 12.8 Å². The number of benzene rings is 2. The van der Waals surface area contributed by atoms with Crippen LogP contribution in [0.1, 0.15) is 17.2 Å². The molecule has 1 atom stereocenters. The fourth-order valence-electron chi connectivity index (χ4n) is 2.88. The molecule has 0 saturated carbocycles. The Morgan fingerprint density at radius 1 is 1.12 bits per heavy atom. The van der Waals surface area contributed by atoms with Crippen LogP contribution in [0.4, 0.5) is 4.39 Å². The van der Waals surface area contributed by atoms with Crippen molar-refractivity contribution in [3.05, 3.63) is 71.5 Å². The first-order valence-electron chi connectivity index (χ1n) is 7.56. The van der Waals surface area contributed by atoms with E-state index in [1.54, 1.807) is 24.3 Å². The molecule has 2 aromatic rings. The summed E-state index contributed by atoms with van der Waals surface area (Å²) in [7, 11) is -3.48. The molecule has 1 heterocycles. The summed E-state index contributed by atoms with van der Waals surface area (Å²) in [5, 5.41) is 3.19. The number of sulfonamides is 1. The van der Waals surface area contributed by atoms with Crippen molar-refractivity contribution in [2.24, 2.45) is 0 Å². The first-order valence-corrected chi connectivity index (χ1v) is 9.17. The number of nitrogens with zero attached hydrogens (tertiary/aromatic N) is 1. The van der Waals surface area contributed by atoms with Crippen LogP contribution in [0.15, 0.2) is 54.6 Å². The lowest BCUT2D eigenvalue weighted by atomic mass is 10.1. The summed E-state index contributed by atoms with van der Waals surface area (Å²) in [6.45, 7) is 1.47. The second-order valence-corrected chi connectivity index (χ2v) is 7.55. The molecule has 1 aliphatic rings. The zero-order valence-electron chi connectivity index (χ0n) is 13.1. The van der Waals surface area contributed by atoms with Crippen LogP contribution in [-0.4, -0.2) is 32.4 Å². The van der Waals surface area contributed by atoms with Crippen LogP contribution in [0.3, 0.4) is 0 Å². The Balaban J connectivity index is 0.00000208. The van der Waals surface area contributed by atoms with Gasteiger partial charge in [0.15, 0.2) is 0 Å². The van der Waals surface area contributed by atoms with Gasteiger partial charge in [-0.3, -0.25) is 0 Å². The number of piperazine rings is 1. The summed E-state index contributed by atoms with van der Waals surface area (Å²) in [4.78, 5) is 0. The number of nitrogens with one attached hydrogen (secondary N) is 1. The fourth-order valence-corrected chi connectivity index (χ4v) is 4.62. The van der Waals surface area contributed by atoms with Crippen molar-refractivity contribution in [2.45, 2.75) is 11.8 Å². The van der Waals surface area contributed by atoms with Gasteiger partial charge in [-0.2, -0.15) is 4.31 Å². The van der Waals surface area contributed by atoms with Crippen molar-refractivity contribution in [3.8, 4) is 0 Å². The van der Waals surface area contributed by atoms with E-state index in [-0.39, 0.29) is 30.0 Å². The van der Waals surface area contributed by atoms with Gasteiger partial charge in [-0.15, -0.1) is 12.4 Å². The Labute approximate surface area is 148 Å². The molecule has 7 heteroatoms. The van der Waals surface area contributed by atoms with E-state index in [9.17, 15) is 12.8 Å². The molecule has 3 rings (SSSR count). The van der Waals surface area contributed by atoms with Gasteiger partial charge in [0.25, 0.3) is 0 Å². The van der Waals surface area contributed by atoms with E-state index in [2.05, 4.69) is 5.32 Å². The van der Waals surface area contributed by atoms with Crippen LogP contribution in [0.25, 0.3) is 0 Å². The lowest BCUT2D eigenvalue weighted by Crippen LogP contribution is -2.48. The molecule has 1 saturated heterocycles. The Morgan fingerprint density at radius 3 is 2.58 bits per heavy atom. The Bertz CT molecular complexity index is 771. The maximum absolute atomic E-state index is 13.5. The van der Waals surface area contributed by atoms with Gasteiger partial charge in [-0.1, -0.05) is 42.5 Å². The molecule has 2 aromatic carbocycles. The highest BCUT2D eigenvalue weighted by Gasteiger charge is 2.33. The minimum Gasteiger partial charge on any atom is -0.313 e. The minimum atomic E-state index is -3.48. The highest BCUT2D eigenvalue weighted by molar-refractivity contribution is 7.88. The molecule has 0 radical (unpaired) electrons. The molecule has 0 aromatic heterocycles. The molecule has 1 unspecified atom stereocenters. The largest absolute Gasteiger partial charge is 0.313 e. The first-order chi connectivity index (χ1) is 11.1. The lowest BCUT2D eigenvalue weighted by molar-refractivity contribution is 0.270. The minimum absolute atomic E-state index is 0. The average Bonchev–Trinajstić information content (AvgIpc) is 2.55. The van der Waals surface area contributed by atoms with E-state index in [0.717, 1.165) is 5.56 Å². The van der Waals surface area contributed by atoms with Gasteiger partial charge in [0.05, 0.1) is 11.8 Å². The van der Waals surface area contributed by atoms with Gasteiger partial charge in [0, 0.05) is 19.6 Å². The van der Waals surface area contributed by atoms with E-state index in [1.165, 1.54) is 16.4 Å². The third-order valence-electron chi connectivity index (χ3n) is 3.98. The van der Waals surface area contributed by atoms with Crippen molar-refractivity contribution >= 4 is 22.4 Å². The SMILES string of the molecule is Cl.O=S(=O)(Cc1ccccc1)N1CCNCC1c1cccc(F)c1. The third kappa shape index (κ3) is 4.33. The third-order valence-corrected chi connectivity index (χ3v) is 5.83. The van der Waals surface area contributed by atoms with E-state index in [1.807, 2.05) is 18.2 Å². The van der Waals surface area contributed by atoms with E-state index in [4.69, 9.17) is 0 Å². The first kappa shape index (κ1) is 18.9. The fraction of sp³-hybridized carbons (Fsp3) is 0.294. The average molecular weight is 371 g/mol. The Kier molecular flexibility index (Phi) is 6.34. The van der Waals surface area contributed by atoms with E-state index >= 15 is 0 Å². The van der Waals surface area contributed by atoms with Crippen LogP contribution in [0.5, 0.6) is 0 Å². The van der Waals surface area contributed by atoms with Crippen LogP contribution in [-0.2, 0) is 15.8 Å². The Hall–Kier alpha value is -1.47. The van der Waals surface area contributed by atoms with E-state index in [0.29, 0.717) is 25.2 Å². The summed E-state index contributed by atoms with van der Waals surface area (Å²) in [5.74, 6) is -0.395. The summed E-state index contributed by atoms with van der Waals surface area (Å²) in [6, 6.07) is 14.9. The normalized spacial score (nSPS) is 18.8. The summed E-state index contributed by atoms with van der Waals surface area (Å²) in [6.07, 6.45) is 0. The molecule has 0 bridgehead atoms. The standard InChI is InChI=1S/C17H19FN2O2S.ClH/c18-16-8-4-7-15(11-16)17-12-19-9-10-20(17)23(21,22)13-14-5-2-1-3-6-14;/h1-8,11,17,19H,9-10,12-13H2;1H. The highest BCUT2D eigenvalue weighted by atomic mass is 35.5. The highest BCUT2D eigenvalue weighted by Crippen LogP contribution is 2.27. The van der Waals surface area contributed by atoms with Gasteiger partial charge in [-0.05, 0) is 23.3 Å². The predicted molar refractivity (Wildman–Crippen MR) is 95.0 cm³/mol.